The fourth-order valence-corrected chi connectivity index (χ4v) is 5.02. The lowest BCUT2D eigenvalue weighted by Gasteiger charge is -2.49. The first kappa shape index (κ1) is 24.5. The Labute approximate surface area is 204 Å². The van der Waals surface area contributed by atoms with Crippen LogP contribution in [0.3, 0.4) is 0 Å². The Morgan fingerprint density at radius 1 is 1.06 bits per heavy atom. The van der Waals surface area contributed by atoms with Crippen molar-refractivity contribution in [2.45, 2.75) is 38.7 Å². The molecule has 1 aliphatic heterocycles. The van der Waals surface area contributed by atoms with Crippen molar-refractivity contribution in [2.24, 2.45) is 5.92 Å². The van der Waals surface area contributed by atoms with E-state index in [4.69, 9.17) is 5.11 Å². The summed E-state index contributed by atoms with van der Waals surface area (Å²) in [6.45, 7) is 4.63. The van der Waals surface area contributed by atoms with Crippen molar-refractivity contribution in [1.29, 1.82) is 0 Å². The van der Waals surface area contributed by atoms with Gasteiger partial charge in [-0.2, -0.15) is 0 Å². The van der Waals surface area contributed by atoms with Crippen LogP contribution in [0.15, 0.2) is 72.8 Å². The lowest BCUT2D eigenvalue weighted by molar-refractivity contribution is -0.131. The number of benzene rings is 3. The summed E-state index contributed by atoms with van der Waals surface area (Å²) in [5.74, 6) is -0.539. The Morgan fingerprint density at radius 2 is 1.74 bits per heavy atom. The Kier molecular flexibility index (Phi) is 6.92. The molecule has 0 amide bonds. The Balaban J connectivity index is 1.87. The Bertz CT molecular complexity index is 1220. The highest BCUT2D eigenvalue weighted by atomic mass is 19.3. The van der Waals surface area contributed by atoms with Crippen molar-refractivity contribution in [3.05, 3.63) is 101 Å². The van der Waals surface area contributed by atoms with Gasteiger partial charge in [-0.15, -0.1) is 0 Å². The number of carboxylic acids is 1. The minimum Gasteiger partial charge on any atom is -0.508 e. The van der Waals surface area contributed by atoms with Gasteiger partial charge in [0.05, 0.1) is 0 Å². The molecule has 6 heteroatoms. The van der Waals surface area contributed by atoms with Crippen LogP contribution in [0.2, 0.25) is 0 Å². The molecule has 2 N–H and O–H groups in total. The minimum absolute atomic E-state index is 0.0487. The van der Waals surface area contributed by atoms with Crippen LogP contribution in [0.5, 0.6) is 5.75 Å². The van der Waals surface area contributed by atoms with Crippen LogP contribution < -0.4 is 4.90 Å². The summed E-state index contributed by atoms with van der Waals surface area (Å²) in [6, 6.07) is 19.0. The molecule has 182 valence electrons. The fraction of sp³-hybridized carbons (Fsp3) is 0.276. The fourth-order valence-electron chi connectivity index (χ4n) is 5.02. The van der Waals surface area contributed by atoms with Crippen molar-refractivity contribution in [2.75, 3.05) is 11.4 Å². The zero-order valence-corrected chi connectivity index (χ0v) is 19.8. The Hall–Kier alpha value is -3.67. The standard InChI is InChI=1S/C29H29F2NO3/c1-19(2)17-21-5-10-24(11-6-21)32-16-15-22-18-25(33)12-13-26(22)29(32,28(30)31)23-8-3-20(4-9-23)7-14-27(34)35/h3-14,18-19,28,33H,15-17H2,1-2H3,(H,34,35)/t29-/m1/s1. The van der Waals surface area contributed by atoms with E-state index in [9.17, 15) is 9.90 Å². The molecule has 0 aliphatic carbocycles. The lowest BCUT2D eigenvalue weighted by atomic mass is 9.75. The van der Waals surface area contributed by atoms with E-state index in [1.165, 1.54) is 12.1 Å². The van der Waals surface area contributed by atoms with Crippen molar-refractivity contribution >= 4 is 17.7 Å². The first-order chi connectivity index (χ1) is 16.7. The quantitative estimate of drug-likeness (QED) is 0.394. The molecule has 3 aromatic carbocycles. The zero-order valence-electron chi connectivity index (χ0n) is 19.8. The van der Waals surface area contributed by atoms with E-state index in [1.807, 2.05) is 24.3 Å². The number of hydrogen-bond donors (Lipinski definition) is 2. The molecular formula is C29H29F2NO3. The third-order valence-corrected chi connectivity index (χ3v) is 6.51. The van der Waals surface area contributed by atoms with Gasteiger partial charge >= 0.3 is 5.97 Å². The molecule has 0 unspecified atom stereocenters. The molecule has 3 aromatic rings. The number of phenolic OH excluding ortho intramolecular Hbond substituents is 1. The third-order valence-electron chi connectivity index (χ3n) is 6.51. The van der Waals surface area contributed by atoms with E-state index in [0.717, 1.165) is 18.1 Å². The number of carboxylic acid groups (broad SMARTS) is 1. The molecule has 4 nitrogen and oxygen atoms in total. The summed E-state index contributed by atoms with van der Waals surface area (Å²) in [7, 11) is 0. The van der Waals surface area contributed by atoms with Crippen LogP contribution in [0, 0.1) is 5.92 Å². The number of rotatable bonds is 7. The maximum atomic E-state index is 15.4. The normalized spacial score (nSPS) is 17.8. The van der Waals surface area contributed by atoms with Crippen LogP contribution in [-0.2, 0) is 23.2 Å². The van der Waals surface area contributed by atoms with Crippen LogP contribution >= 0.6 is 0 Å². The number of fused-ring (bicyclic) bond motifs is 1. The van der Waals surface area contributed by atoms with E-state index < -0.39 is 17.9 Å². The largest absolute Gasteiger partial charge is 0.508 e. The van der Waals surface area contributed by atoms with E-state index in [2.05, 4.69) is 13.8 Å². The topological polar surface area (TPSA) is 60.8 Å². The van der Waals surface area contributed by atoms with Crippen LogP contribution in [0.25, 0.3) is 6.08 Å². The lowest BCUT2D eigenvalue weighted by Crippen LogP contribution is -2.56. The van der Waals surface area contributed by atoms with Crippen LogP contribution in [0.4, 0.5) is 14.5 Å². The van der Waals surface area contributed by atoms with Gasteiger partial charge in [-0.3, -0.25) is 0 Å². The predicted octanol–water partition coefficient (Wildman–Crippen LogP) is 6.26. The molecule has 4 rings (SSSR count). The second kappa shape index (κ2) is 9.90. The van der Waals surface area contributed by atoms with Gasteiger partial charge in [0.1, 0.15) is 5.75 Å². The number of anilines is 1. The number of nitrogens with zero attached hydrogens (tertiary/aromatic N) is 1. The molecule has 0 aromatic heterocycles. The number of halogens is 2. The second-order valence-electron chi connectivity index (χ2n) is 9.37. The maximum Gasteiger partial charge on any atom is 0.328 e. The molecule has 0 fully saturated rings. The van der Waals surface area contributed by atoms with Gasteiger partial charge in [0, 0.05) is 18.3 Å². The molecule has 0 saturated carbocycles. The number of aliphatic carboxylic acids is 1. The number of aromatic hydroxyl groups is 1. The van der Waals surface area contributed by atoms with Gasteiger partial charge in [-0.1, -0.05) is 56.3 Å². The average molecular weight is 478 g/mol. The smallest absolute Gasteiger partial charge is 0.328 e. The number of hydrogen-bond acceptors (Lipinski definition) is 3. The highest BCUT2D eigenvalue weighted by molar-refractivity contribution is 5.85. The van der Waals surface area contributed by atoms with Gasteiger partial charge in [-0.05, 0) is 76.9 Å². The maximum absolute atomic E-state index is 15.4. The Morgan fingerprint density at radius 3 is 2.34 bits per heavy atom. The van der Waals surface area contributed by atoms with Crippen molar-refractivity contribution < 1.29 is 23.8 Å². The predicted molar refractivity (Wildman–Crippen MR) is 134 cm³/mol. The van der Waals surface area contributed by atoms with Gasteiger partial charge < -0.3 is 15.1 Å². The molecule has 0 bridgehead atoms. The minimum atomic E-state index is -2.78. The first-order valence-corrected chi connectivity index (χ1v) is 11.7. The molecule has 0 radical (unpaired) electrons. The zero-order chi connectivity index (χ0) is 25.2. The van der Waals surface area contributed by atoms with Crippen molar-refractivity contribution in [1.82, 2.24) is 0 Å². The second-order valence-corrected chi connectivity index (χ2v) is 9.37. The summed E-state index contributed by atoms with van der Waals surface area (Å²) in [4.78, 5) is 12.6. The summed E-state index contributed by atoms with van der Waals surface area (Å²) in [5.41, 5.74) is 2.24. The molecule has 1 atom stereocenters. The summed E-state index contributed by atoms with van der Waals surface area (Å²) in [5, 5.41) is 18.9. The molecular weight excluding hydrogens is 448 g/mol. The van der Waals surface area contributed by atoms with Gasteiger partial charge in [0.15, 0.2) is 5.54 Å². The molecule has 0 spiro atoms. The van der Waals surface area contributed by atoms with Crippen LogP contribution in [-0.4, -0.2) is 29.2 Å². The van der Waals surface area contributed by atoms with Gasteiger partial charge in [-0.25, -0.2) is 13.6 Å². The van der Waals surface area contributed by atoms with Gasteiger partial charge in [0.2, 0.25) is 0 Å². The number of carbonyl (C=O) groups is 1. The monoisotopic (exact) mass is 477 g/mol. The SMILES string of the molecule is CC(C)Cc1ccc(N2CCc3cc(O)ccc3[C@]2(c2ccc(C=CC(=O)O)cc2)C(F)F)cc1. The molecule has 35 heavy (non-hydrogen) atoms. The van der Waals surface area contributed by atoms with E-state index >= 15 is 8.78 Å². The first-order valence-electron chi connectivity index (χ1n) is 11.7. The van der Waals surface area contributed by atoms with E-state index in [-0.39, 0.29) is 5.75 Å². The summed E-state index contributed by atoms with van der Waals surface area (Å²) in [6.07, 6.45) is 1.10. The average Bonchev–Trinajstić information content (AvgIpc) is 2.82. The third kappa shape index (κ3) is 4.78. The summed E-state index contributed by atoms with van der Waals surface area (Å²) < 4.78 is 30.8. The molecule has 0 saturated heterocycles. The number of alkyl halides is 2. The van der Waals surface area contributed by atoms with Crippen molar-refractivity contribution in [3.63, 3.8) is 0 Å². The van der Waals surface area contributed by atoms with E-state index in [0.29, 0.717) is 46.8 Å². The van der Waals surface area contributed by atoms with Crippen LogP contribution in [0.1, 0.15) is 41.7 Å². The number of phenols is 1. The van der Waals surface area contributed by atoms with Gasteiger partial charge in [0.25, 0.3) is 6.43 Å². The summed E-state index contributed by atoms with van der Waals surface area (Å²) >= 11 is 0. The van der Waals surface area contributed by atoms with E-state index in [1.54, 1.807) is 41.3 Å². The molecule has 1 heterocycles. The highest BCUT2D eigenvalue weighted by Gasteiger charge is 2.51. The highest BCUT2D eigenvalue weighted by Crippen LogP contribution is 2.48. The molecule has 1 aliphatic rings. The van der Waals surface area contributed by atoms with Crippen molar-refractivity contribution in [3.8, 4) is 5.75 Å².